The number of aryl methyl sites for hydroxylation is 1. The number of hydrogen-bond donors (Lipinski definition) is 1. The number of nitrogens with one attached hydrogen (secondary N) is 1. The summed E-state index contributed by atoms with van der Waals surface area (Å²) in [5, 5.41) is 3.61. The Morgan fingerprint density at radius 1 is 1.08 bits per heavy atom. The predicted octanol–water partition coefficient (Wildman–Crippen LogP) is 2.12. The van der Waals surface area contributed by atoms with Gasteiger partial charge in [0.1, 0.15) is 0 Å². The number of halogens is 1. The number of amides is 2. The molecule has 1 N–H and O–H groups in total. The largest absolute Gasteiger partial charge is 0.341 e. The highest BCUT2D eigenvalue weighted by Crippen LogP contribution is 2.28. The molecule has 0 saturated carbocycles. The van der Waals surface area contributed by atoms with E-state index in [9.17, 15) is 9.59 Å². The van der Waals surface area contributed by atoms with Crippen molar-refractivity contribution in [2.45, 2.75) is 44.7 Å². The van der Waals surface area contributed by atoms with Gasteiger partial charge in [0.05, 0.1) is 5.92 Å². The SMILES string of the molecule is Cc1ccc(N2CC(C(=O)N3CCC4CCC(C3)N4)CC2=O)cc1.Cl. The fourth-order valence-corrected chi connectivity index (χ4v) is 4.25. The summed E-state index contributed by atoms with van der Waals surface area (Å²) in [6.07, 6.45) is 3.76. The number of carbonyl (C=O) groups is 2. The Labute approximate surface area is 155 Å². The Hall–Kier alpha value is -1.59. The van der Waals surface area contributed by atoms with Gasteiger partial charge in [0, 0.05) is 43.8 Å². The van der Waals surface area contributed by atoms with Gasteiger partial charge in [-0.15, -0.1) is 12.4 Å². The zero-order chi connectivity index (χ0) is 16.7. The van der Waals surface area contributed by atoms with Gasteiger partial charge in [-0.25, -0.2) is 0 Å². The molecule has 3 atom stereocenters. The van der Waals surface area contributed by atoms with Gasteiger partial charge < -0.3 is 15.1 Å². The van der Waals surface area contributed by atoms with Gasteiger partial charge in [0.25, 0.3) is 0 Å². The molecule has 0 spiro atoms. The number of anilines is 1. The van der Waals surface area contributed by atoms with E-state index in [0.717, 1.165) is 31.6 Å². The van der Waals surface area contributed by atoms with Crippen molar-refractivity contribution >= 4 is 29.9 Å². The molecule has 2 amide bonds. The van der Waals surface area contributed by atoms with Crippen LogP contribution in [0.5, 0.6) is 0 Å². The maximum absolute atomic E-state index is 12.9. The van der Waals surface area contributed by atoms with E-state index in [0.29, 0.717) is 25.0 Å². The van der Waals surface area contributed by atoms with Gasteiger partial charge in [-0.2, -0.15) is 0 Å². The molecule has 2 bridgehead atoms. The summed E-state index contributed by atoms with van der Waals surface area (Å²) < 4.78 is 0. The first kappa shape index (κ1) is 18.2. The quantitative estimate of drug-likeness (QED) is 0.875. The monoisotopic (exact) mass is 363 g/mol. The Morgan fingerprint density at radius 2 is 1.80 bits per heavy atom. The van der Waals surface area contributed by atoms with Crippen molar-refractivity contribution in [2.75, 3.05) is 24.5 Å². The van der Waals surface area contributed by atoms with Crippen LogP contribution in [0.2, 0.25) is 0 Å². The van der Waals surface area contributed by atoms with Crippen molar-refractivity contribution in [3.05, 3.63) is 29.8 Å². The fourth-order valence-electron chi connectivity index (χ4n) is 4.25. The van der Waals surface area contributed by atoms with Gasteiger partial charge in [-0.1, -0.05) is 17.7 Å². The molecule has 1 aromatic carbocycles. The van der Waals surface area contributed by atoms with Crippen molar-refractivity contribution in [2.24, 2.45) is 5.92 Å². The van der Waals surface area contributed by atoms with E-state index in [1.54, 1.807) is 4.90 Å². The molecule has 4 rings (SSSR count). The van der Waals surface area contributed by atoms with Crippen LogP contribution in [-0.4, -0.2) is 48.4 Å². The van der Waals surface area contributed by atoms with E-state index >= 15 is 0 Å². The Morgan fingerprint density at radius 3 is 2.56 bits per heavy atom. The molecule has 3 aliphatic rings. The summed E-state index contributed by atoms with van der Waals surface area (Å²) in [4.78, 5) is 29.1. The predicted molar refractivity (Wildman–Crippen MR) is 100 cm³/mol. The molecule has 0 radical (unpaired) electrons. The molecule has 3 saturated heterocycles. The van der Waals surface area contributed by atoms with Crippen molar-refractivity contribution in [1.82, 2.24) is 10.2 Å². The molecule has 3 fully saturated rings. The van der Waals surface area contributed by atoms with Gasteiger partial charge in [-0.3, -0.25) is 9.59 Å². The van der Waals surface area contributed by atoms with E-state index < -0.39 is 0 Å². The van der Waals surface area contributed by atoms with E-state index in [4.69, 9.17) is 0 Å². The minimum absolute atomic E-state index is 0. The molecule has 25 heavy (non-hydrogen) atoms. The second-order valence-corrected chi connectivity index (χ2v) is 7.45. The maximum Gasteiger partial charge on any atom is 0.228 e. The van der Waals surface area contributed by atoms with Crippen LogP contribution in [0, 0.1) is 12.8 Å². The smallest absolute Gasteiger partial charge is 0.228 e. The van der Waals surface area contributed by atoms with Gasteiger partial charge in [0.15, 0.2) is 0 Å². The second-order valence-electron chi connectivity index (χ2n) is 7.45. The average molecular weight is 364 g/mol. The number of nitrogens with zero attached hydrogens (tertiary/aromatic N) is 2. The Bertz CT molecular complexity index is 649. The van der Waals surface area contributed by atoms with Crippen molar-refractivity contribution in [3.63, 3.8) is 0 Å². The number of hydrogen-bond acceptors (Lipinski definition) is 3. The summed E-state index contributed by atoms with van der Waals surface area (Å²) in [5.74, 6) is 0.0226. The lowest BCUT2D eigenvalue weighted by atomic mass is 10.0. The first-order chi connectivity index (χ1) is 11.6. The highest BCUT2D eigenvalue weighted by Gasteiger charge is 2.39. The Balaban J connectivity index is 0.00000182. The third-order valence-electron chi connectivity index (χ3n) is 5.65. The number of carbonyl (C=O) groups excluding carboxylic acids is 2. The topological polar surface area (TPSA) is 52.7 Å². The summed E-state index contributed by atoms with van der Waals surface area (Å²) in [6.45, 7) is 4.16. The first-order valence-electron chi connectivity index (χ1n) is 9.02. The van der Waals surface area contributed by atoms with Crippen molar-refractivity contribution in [3.8, 4) is 0 Å². The van der Waals surface area contributed by atoms with Crippen LogP contribution >= 0.6 is 12.4 Å². The van der Waals surface area contributed by atoms with Crippen LogP contribution < -0.4 is 10.2 Å². The lowest BCUT2D eigenvalue weighted by Crippen LogP contribution is -2.42. The van der Waals surface area contributed by atoms with Crippen LogP contribution in [0.3, 0.4) is 0 Å². The zero-order valence-electron chi connectivity index (χ0n) is 14.6. The van der Waals surface area contributed by atoms with E-state index in [-0.39, 0.29) is 30.1 Å². The number of likely N-dealkylation sites (tertiary alicyclic amines) is 1. The van der Waals surface area contributed by atoms with Gasteiger partial charge in [0.2, 0.25) is 11.8 Å². The lowest BCUT2D eigenvalue weighted by Gasteiger charge is -2.27. The van der Waals surface area contributed by atoms with Crippen LogP contribution in [0.1, 0.15) is 31.2 Å². The van der Waals surface area contributed by atoms with Crippen LogP contribution in [-0.2, 0) is 9.59 Å². The van der Waals surface area contributed by atoms with E-state index in [2.05, 4.69) is 5.32 Å². The molecule has 5 nitrogen and oxygen atoms in total. The van der Waals surface area contributed by atoms with E-state index in [1.165, 1.54) is 12.0 Å². The minimum Gasteiger partial charge on any atom is -0.341 e. The van der Waals surface area contributed by atoms with Crippen molar-refractivity contribution in [1.29, 1.82) is 0 Å². The molecular formula is C19H26ClN3O2. The summed E-state index contributed by atoms with van der Waals surface area (Å²) >= 11 is 0. The minimum atomic E-state index is -0.199. The molecule has 6 heteroatoms. The standard InChI is InChI=1S/C19H25N3O2.ClH/c1-13-2-6-17(7-3-13)22-11-14(10-18(22)23)19(24)21-9-8-15-4-5-16(12-21)20-15;/h2-3,6-7,14-16,20H,4-5,8-12H2,1H3;1H. The Kier molecular flexibility index (Phi) is 5.35. The molecule has 3 unspecified atom stereocenters. The van der Waals surface area contributed by atoms with Crippen LogP contribution in [0.4, 0.5) is 5.69 Å². The van der Waals surface area contributed by atoms with Crippen molar-refractivity contribution < 1.29 is 9.59 Å². The third kappa shape index (κ3) is 3.67. The average Bonchev–Trinajstić information content (AvgIpc) is 3.10. The highest BCUT2D eigenvalue weighted by atomic mass is 35.5. The normalized spacial score (nSPS) is 28.7. The summed E-state index contributed by atoms with van der Waals surface area (Å²) in [7, 11) is 0. The fraction of sp³-hybridized carbons (Fsp3) is 0.579. The molecule has 1 aromatic rings. The molecule has 3 aliphatic heterocycles. The first-order valence-corrected chi connectivity index (χ1v) is 9.02. The molecule has 0 aromatic heterocycles. The summed E-state index contributed by atoms with van der Waals surface area (Å²) in [5.41, 5.74) is 2.07. The van der Waals surface area contributed by atoms with Crippen LogP contribution in [0.25, 0.3) is 0 Å². The maximum atomic E-state index is 12.9. The number of rotatable bonds is 2. The van der Waals surface area contributed by atoms with E-state index in [1.807, 2.05) is 36.1 Å². The summed E-state index contributed by atoms with van der Waals surface area (Å²) in [6, 6.07) is 8.96. The molecule has 0 aliphatic carbocycles. The molecular weight excluding hydrogens is 338 g/mol. The zero-order valence-corrected chi connectivity index (χ0v) is 15.4. The third-order valence-corrected chi connectivity index (χ3v) is 5.65. The highest BCUT2D eigenvalue weighted by molar-refractivity contribution is 6.00. The molecule has 136 valence electrons. The number of fused-ring (bicyclic) bond motifs is 2. The van der Waals surface area contributed by atoms with Crippen LogP contribution in [0.15, 0.2) is 24.3 Å². The number of benzene rings is 1. The lowest BCUT2D eigenvalue weighted by molar-refractivity contribution is -0.136. The molecule has 3 heterocycles. The second kappa shape index (κ2) is 7.34. The van der Waals surface area contributed by atoms with Gasteiger partial charge in [-0.05, 0) is 38.3 Å². The van der Waals surface area contributed by atoms with Gasteiger partial charge >= 0.3 is 0 Å².